The molecule has 0 unspecified atom stereocenters. The third-order valence-corrected chi connectivity index (χ3v) is 4.96. The zero-order valence-electron chi connectivity index (χ0n) is 12.7. The third-order valence-electron chi connectivity index (χ3n) is 3.53. The Bertz CT molecular complexity index is 615. The SMILES string of the molecule is CNS(=O)(=O)c1ccc(CNC(=O)[C@@H]2CN(C)CCO2)cc1. The second-order valence-corrected chi connectivity index (χ2v) is 7.08. The highest BCUT2D eigenvalue weighted by molar-refractivity contribution is 7.89. The van der Waals surface area contributed by atoms with Gasteiger partial charge in [-0.05, 0) is 31.8 Å². The number of rotatable bonds is 5. The highest BCUT2D eigenvalue weighted by atomic mass is 32.2. The van der Waals surface area contributed by atoms with Crippen molar-refractivity contribution in [3.8, 4) is 0 Å². The number of amides is 1. The quantitative estimate of drug-likeness (QED) is 0.764. The second-order valence-electron chi connectivity index (χ2n) is 5.19. The molecular weight excluding hydrogens is 306 g/mol. The summed E-state index contributed by atoms with van der Waals surface area (Å²) in [7, 11) is -0.118. The number of likely N-dealkylation sites (N-methyl/N-ethyl adjacent to an activating group) is 1. The van der Waals surface area contributed by atoms with Gasteiger partial charge in [-0.15, -0.1) is 0 Å². The molecule has 1 aliphatic rings. The van der Waals surface area contributed by atoms with E-state index in [-0.39, 0.29) is 10.8 Å². The molecule has 1 atom stereocenters. The van der Waals surface area contributed by atoms with E-state index >= 15 is 0 Å². The summed E-state index contributed by atoms with van der Waals surface area (Å²) in [6.45, 7) is 2.28. The Hall–Kier alpha value is -1.48. The van der Waals surface area contributed by atoms with Gasteiger partial charge in [-0.2, -0.15) is 0 Å². The molecule has 1 aliphatic heterocycles. The van der Waals surface area contributed by atoms with Crippen LogP contribution in [-0.2, 0) is 26.1 Å². The minimum Gasteiger partial charge on any atom is -0.366 e. The lowest BCUT2D eigenvalue weighted by Gasteiger charge is -2.29. The van der Waals surface area contributed by atoms with Crippen molar-refractivity contribution in [2.24, 2.45) is 0 Å². The van der Waals surface area contributed by atoms with Gasteiger partial charge in [-0.1, -0.05) is 12.1 Å². The Balaban J connectivity index is 1.90. The molecule has 1 amide bonds. The first-order chi connectivity index (χ1) is 10.4. The predicted molar refractivity (Wildman–Crippen MR) is 81.8 cm³/mol. The second kappa shape index (κ2) is 7.19. The minimum atomic E-state index is -3.43. The molecule has 2 N–H and O–H groups in total. The lowest BCUT2D eigenvalue weighted by atomic mass is 10.2. The van der Waals surface area contributed by atoms with Crippen molar-refractivity contribution in [2.75, 3.05) is 33.8 Å². The third kappa shape index (κ3) is 4.26. The molecule has 22 heavy (non-hydrogen) atoms. The largest absolute Gasteiger partial charge is 0.366 e. The fourth-order valence-corrected chi connectivity index (χ4v) is 2.87. The van der Waals surface area contributed by atoms with E-state index in [0.29, 0.717) is 19.7 Å². The molecule has 1 aromatic rings. The summed E-state index contributed by atoms with van der Waals surface area (Å²) in [4.78, 5) is 14.3. The summed E-state index contributed by atoms with van der Waals surface area (Å²) in [5, 5.41) is 2.81. The molecule has 0 aliphatic carbocycles. The summed E-state index contributed by atoms with van der Waals surface area (Å²) < 4.78 is 30.9. The van der Waals surface area contributed by atoms with Crippen LogP contribution in [0, 0.1) is 0 Å². The van der Waals surface area contributed by atoms with Crippen molar-refractivity contribution in [2.45, 2.75) is 17.5 Å². The average molecular weight is 327 g/mol. The molecule has 0 spiro atoms. The van der Waals surface area contributed by atoms with E-state index in [1.165, 1.54) is 19.2 Å². The van der Waals surface area contributed by atoms with E-state index in [1.807, 2.05) is 11.9 Å². The van der Waals surface area contributed by atoms with Crippen molar-refractivity contribution in [1.29, 1.82) is 0 Å². The average Bonchev–Trinajstić information content (AvgIpc) is 2.53. The molecule has 1 aromatic carbocycles. The smallest absolute Gasteiger partial charge is 0.250 e. The summed E-state index contributed by atoms with van der Waals surface area (Å²) in [5.41, 5.74) is 0.826. The molecule has 0 bridgehead atoms. The number of morpholine rings is 1. The van der Waals surface area contributed by atoms with Crippen LogP contribution >= 0.6 is 0 Å². The van der Waals surface area contributed by atoms with Gasteiger partial charge < -0.3 is 15.0 Å². The molecule has 122 valence electrons. The van der Waals surface area contributed by atoms with E-state index in [0.717, 1.165) is 12.1 Å². The van der Waals surface area contributed by atoms with E-state index in [4.69, 9.17) is 4.74 Å². The van der Waals surface area contributed by atoms with Gasteiger partial charge in [-0.3, -0.25) is 4.79 Å². The molecular formula is C14H21N3O4S. The van der Waals surface area contributed by atoms with Crippen LogP contribution in [0.2, 0.25) is 0 Å². The maximum atomic E-state index is 12.0. The summed E-state index contributed by atoms with van der Waals surface area (Å²) in [5.74, 6) is -0.154. The zero-order chi connectivity index (χ0) is 16.2. The highest BCUT2D eigenvalue weighted by Crippen LogP contribution is 2.10. The predicted octanol–water partition coefficient (Wildman–Crippen LogP) is -0.458. The molecule has 0 aromatic heterocycles. The van der Waals surface area contributed by atoms with Crippen molar-refractivity contribution in [1.82, 2.24) is 14.9 Å². The molecule has 7 nitrogen and oxygen atoms in total. The van der Waals surface area contributed by atoms with Crippen LogP contribution in [-0.4, -0.2) is 59.1 Å². The van der Waals surface area contributed by atoms with Crippen LogP contribution in [0.25, 0.3) is 0 Å². The number of ether oxygens (including phenoxy) is 1. The van der Waals surface area contributed by atoms with E-state index < -0.39 is 16.1 Å². The van der Waals surface area contributed by atoms with Crippen LogP contribution in [0.15, 0.2) is 29.2 Å². The van der Waals surface area contributed by atoms with Gasteiger partial charge in [0.25, 0.3) is 5.91 Å². The van der Waals surface area contributed by atoms with Crippen molar-refractivity contribution < 1.29 is 17.9 Å². The normalized spacial score (nSPS) is 19.8. The minimum absolute atomic E-state index is 0.154. The molecule has 0 saturated carbocycles. The summed E-state index contributed by atoms with van der Waals surface area (Å²) in [6.07, 6.45) is -0.456. The molecule has 8 heteroatoms. The number of nitrogens with zero attached hydrogens (tertiary/aromatic N) is 1. The molecule has 1 heterocycles. The van der Waals surface area contributed by atoms with Crippen LogP contribution in [0.4, 0.5) is 0 Å². The number of carbonyl (C=O) groups is 1. The molecule has 1 fully saturated rings. The van der Waals surface area contributed by atoms with E-state index in [2.05, 4.69) is 10.0 Å². The molecule has 0 radical (unpaired) electrons. The fraction of sp³-hybridized carbons (Fsp3) is 0.500. The zero-order valence-corrected chi connectivity index (χ0v) is 13.5. The van der Waals surface area contributed by atoms with Crippen LogP contribution < -0.4 is 10.0 Å². The standard InChI is InChI=1S/C14H21N3O4S/c1-15-22(19,20)12-5-3-11(4-6-12)9-16-14(18)13-10-17(2)7-8-21-13/h3-6,13,15H,7-10H2,1-2H3,(H,16,18)/t13-/m0/s1. The number of hydrogen-bond donors (Lipinski definition) is 2. The Morgan fingerprint density at radius 1 is 1.36 bits per heavy atom. The van der Waals surface area contributed by atoms with E-state index in [9.17, 15) is 13.2 Å². The Kier molecular flexibility index (Phi) is 5.52. The first-order valence-electron chi connectivity index (χ1n) is 7.03. The van der Waals surface area contributed by atoms with Gasteiger partial charge in [0.2, 0.25) is 10.0 Å². The first-order valence-corrected chi connectivity index (χ1v) is 8.51. The van der Waals surface area contributed by atoms with Crippen molar-refractivity contribution in [3.05, 3.63) is 29.8 Å². The molecule has 2 rings (SSSR count). The van der Waals surface area contributed by atoms with Crippen LogP contribution in [0.1, 0.15) is 5.56 Å². The Morgan fingerprint density at radius 2 is 2.05 bits per heavy atom. The van der Waals surface area contributed by atoms with E-state index in [1.54, 1.807) is 12.1 Å². The number of benzene rings is 1. The molecule has 1 saturated heterocycles. The van der Waals surface area contributed by atoms with Crippen molar-refractivity contribution >= 4 is 15.9 Å². The topological polar surface area (TPSA) is 87.7 Å². The van der Waals surface area contributed by atoms with Crippen LogP contribution in [0.3, 0.4) is 0 Å². The number of hydrogen-bond acceptors (Lipinski definition) is 5. The number of carbonyl (C=O) groups excluding carboxylic acids is 1. The Labute approximate surface area is 130 Å². The monoisotopic (exact) mass is 327 g/mol. The number of sulfonamides is 1. The Morgan fingerprint density at radius 3 is 2.64 bits per heavy atom. The van der Waals surface area contributed by atoms with Gasteiger partial charge in [0.15, 0.2) is 0 Å². The van der Waals surface area contributed by atoms with Gasteiger partial charge >= 0.3 is 0 Å². The van der Waals surface area contributed by atoms with Crippen LogP contribution in [0.5, 0.6) is 0 Å². The maximum Gasteiger partial charge on any atom is 0.250 e. The lowest BCUT2D eigenvalue weighted by Crippen LogP contribution is -2.48. The van der Waals surface area contributed by atoms with Gasteiger partial charge in [0.1, 0.15) is 6.10 Å². The highest BCUT2D eigenvalue weighted by Gasteiger charge is 2.24. The number of nitrogens with one attached hydrogen (secondary N) is 2. The lowest BCUT2D eigenvalue weighted by molar-refractivity contribution is -0.138. The fourth-order valence-electron chi connectivity index (χ4n) is 2.14. The first kappa shape index (κ1) is 16.9. The van der Waals surface area contributed by atoms with Gasteiger partial charge in [-0.25, -0.2) is 13.1 Å². The maximum absolute atomic E-state index is 12.0. The van der Waals surface area contributed by atoms with Gasteiger partial charge in [0.05, 0.1) is 11.5 Å². The summed E-state index contributed by atoms with van der Waals surface area (Å²) >= 11 is 0. The van der Waals surface area contributed by atoms with Crippen molar-refractivity contribution in [3.63, 3.8) is 0 Å². The summed E-state index contributed by atoms with van der Waals surface area (Å²) in [6, 6.07) is 6.38. The van der Waals surface area contributed by atoms with Gasteiger partial charge in [0, 0.05) is 19.6 Å².